The first-order valence-corrected chi connectivity index (χ1v) is 10.3. The summed E-state index contributed by atoms with van der Waals surface area (Å²) >= 11 is 1.71. The summed E-state index contributed by atoms with van der Waals surface area (Å²) in [6, 6.07) is 4.29. The van der Waals surface area contributed by atoms with Crippen LogP contribution in [0.1, 0.15) is 44.4 Å². The molecule has 1 aliphatic carbocycles. The van der Waals surface area contributed by atoms with E-state index in [9.17, 15) is 9.00 Å². The van der Waals surface area contributed by atoms with Gasteiger partial charge in [0.15, 0.2) is 0 Å². The van der Waals surface area contributed by atoms with E-state index in [1.165, 1.54) is 4.88 Å². The average Bonchev–Trinajstić information content (AvgIpc) is 2.99. The monoisotopic (exact) mass is 342 g/mol. The molecular formula is C16H26N2O2S2. The van der Waals surface area contributed by atoms with Crippen LogP contribution in [0.4, 0.5) is 4.79 Å². The maximum atomic E-state index is 12.1. The number of nitrogens with one attached hydrogen (secondary N) is 2. The average molecular weight is 343 g/mol. The van der Waals surface area contributed by atoms with Gasteiger partial charge in [0.2, 0.25) is 0 Å². The van der Waals surface area contributed by atoms with E-state index in [0.29, 0.717) is 5.75 Å². The van der Waals surface area contributed by atoms with E-state index < -0.39 is 10.8 Å². The Balaban J connectivity index is 1.75. The molecule has 0 unspecified atom stereocenters. The lowest BCUT2D eigenvalue weighted by molar-refractivity contribution is 0.230. The Morgan fingerprint density at radius 1 is 1.50 bits per heavy atom. The van der Waals surface area contributed by atoms with E-state index in [4.69, 9.17) is 0 Å². The van der Waals surface area contributed by atoms with Gasteiger partial charge in [-0.3, -0.25) is 4.21 Å². The van der Waals surface area contributed by atoms with Crippen LogP contribution in [-0.2, 0) is 17.2 Å². The van der Waals surface area contributed by atoms with E-state index in [2.05, 4.69) is 22.1 Å². The zero-order valence-electron chi connectivity index (χ0n) is 13.3. The molecule has 0 aliphatic heterocycles. The minimum Gasteiger partial charge on any atom is -0.335 e. The van der Waals surface area contributed by atoms with Crippen molar-refractivity contribution in [3.63, 3.8) is 0 Å². The van der Waals surface area contributed by atoms with Crippen LogP contribution in [-0.4, -0.2) is 33.3 Å². The molecule has 4 nitrogen and oxygen atoms in total. The van der Waals surface area contributed by atoms with Gasteiger partial charge in [0.05, 0.1) is 0 Å². The molecule has 0 bridgehead atoms. The van der Waals surface area contributed by atoms with Crippen molar-refractivity contribution < 1.29 is 9.00 Å². The van der Waals surface area contributed by atoms with E-state index in [1.807, 2.05) is 19.9 Å². The third-order valence-electron chi connectivity index (χ3n) is 4.08. The fourth-order valence-electron chi connectivity index (χ4n) is 2.98. The number of urea groups is 1. The van der Waals surface area contributed by atoms with Gasteiger partial charge in [-0.05, 0) is 37.6 Å². The van der Waals surface area contributed by atoms with Crippen molar-refractivity contribution in [2.45, 2.75) is 63.3 Å². The summed E-state index contributed by atoms with van der Waals surface area (Å²) in [7, 11) is -0.752. The van der Waals surface area contributed by atoms with Crippen LogP contribution in [0.2, 0.25) is 0 Å². The third-order valence-corrected chi connectivity index (χ3v) is 6.72. The van der Waals surface area contributed by atoms with Gasteiger partial charge in [-0.15, -0.1) is 11.3 Å². The molecular weight excluding hydrogens is 316 g/mol. The number of hydrogen-bond acceptors (Lipinski definition) is 3. The molecule has 22 heavy (non-hydrogen) atoms. The highest BCUT2D eigenvalue weighted by Crippen LogP contribution is 2.23. The normalized spacial score (nSPS) is 24.5. The van der Waals surface area contributed by atoms with Gasteiger partial charge >= 0.3 is 6.03 Å². The van der Waals surface area contributed by atoms with Crippen LogP contribution in [0.3, 0.4) is 0 Å². The number of amides is 2. The summed E-state index contributed by atoms with van der Waals surface area (Å²) in [4.78, 5) is 13.4. The first-order chi connectivity index (χ1) is 10.6. The van der Waals surface area contributed by atoms with Gasteiger partial charge in [-0.25, -0.2) is 4.79 Å². The predicted octanol–water partition coefficient (Wildman–Crippen LogP) is 3.06. The summed E-state index contributed by atoms with van der Waals surface area (Å²) in [5.74, 6) is 0.710. The lowest BCUT2D eigenvalue weighted by atomic mass is 9.95. The lowest BCUT2D eigenvalue weighted by Gasteiger charge is -2.29. The first kappa shape index (κ1) is 17.5. The summed E-state index contributed by atoms with van der Waals surface area (Å²) in [5, 5.41) is 8.36. The Kier molecular flexibility index (Phi) is 6.89. The van der Waals surface area contributed by atoms with Crippen LogP contribution >= 0.6 is 11.3 Å². The Bertz CT molecular complexity index is 490. The van der Waals surface area contributed by atoms with Gasteiger partial charge in [0, 0.05) is 45.2 Å². The fraction of sp³-hybridized carbons (Fsp3) is 0.688. The molecule has 0 aromatic carbocycles. The maximum Gasteiger partial charge on any atom is 0.315 e. The third kappa shape index (κ3) is 5.39. The van der Waals surface area contributed by atoms with Crippen molar-refractivity contribution >= 4 is 28.2 Å². The zero-order valence-corrected chi connectivity index (χ0v) is 15.0. The lowest BCUT2D eigenvalue weighted by Crippen LogP contribution is -2.48. The molecule has 1 aromatic rings. The van der Waals surface area contributed by atoms with Crippen molar-refractivity contribution in [1.82, 2.24) is 10.6 Å². The molecule has 1 heterocycles. The SMILES string of the molecule is CC[S@@](=O)[C@@H]1CCC[C@H](NC(=O)N[C@@H](C)Cc2cccs2)C1. The van der Waals surface area contributed by atoms with Crippen molar-refractivity contribution in [3.05, 3.63) is 22.4 Å². The molecule has 6 heteroatoms. The summed E-state index contributed by atoms with van der Waals surface area (Å²) in [6.07, 6.45) is 4.76. The quantitative estimate of drug-likeness (QED) is 0.835. The number of rotatable bonds is 6. The summed E-state index contributed by atoms with van der Waals surface area (Å²) in [6.45, 7) is 3.99. The second kappa shape index (κ2) is 8.67. The Labute approximate surface area is 139 Å². The van der Waals surface area contributed by atoms with E-state index in [-0.39, 0.29) is 23.4 Å². The van der Waals surface area contributed by atoms with Crippen LogP contribution in [0.15, 0.2) is 17.5 Å². The second-order valence-electron chi connectivity index (χ2n) is 5.96. The summed E-state index contributed by atoms with van der Waals surface area (Å²) < 4.78 is 11.9. The molecule has 0 radical (unpaired) electrons. The van der Waals surface area contributed by atoms with Crippen molar-refractivity contribution in [1.29, 1.82) is 0 Å². The smallest absolute Gasteiger partial charge is 0.315 e. The molecule has 2 amide bonds. The molecule has 0 saturated heterocycles. The molecule has 1 aromatic heterocycles. The number of thiophene rings is 1. The molecule has 1 aliphatic rings. The largest absolute Gasteiger partial charge is 0.335 e. The van der Waals surface area contributed by atoms with Crippen LogP contribution < -0.4 is 10.6 Å². The Morgan fingerprint density at radius 2 is 2.32 bits per heavy atom. The molecule has 2 rings (SSSR count). The molecule has 1 fully saturated rings. The van der Waals surface area contributed by atoms with Crippen LogP contribution in [0, 0.1) is 0 Å². The molecule has 0 spiro atoms. The Hall–Kier alpha value is -0.880. The van der Waals surface area contributed by atoms with Crippen LogP contribution in [0.25, 0.3) is 0 Å². The van der Waals surface area contributed by atoms with Crippen molar-refractivity contribution in [2.24, 2.45) is 0 Å². The van der Waals surface area contributed by atoms with Crippen molar-refractivity contribution in [3.8, 4) is 0 Å². The van der Waals surface area contributed by atoms with Gasteiger partial charge in [0.25, 0.3) is 0 Å². The highest BCUT2D eigenvalue weighted by molar-refractivity contribution is 7.85. The van der Waals surface area contributed by atoms with Gasteiger partial charge < -0.3 is 10.6 Å². The number of carbonyl (C=O) groups is 1. The molecule has 2 N–H and O–H groups in total. The number of carbonyl (C=O) groups excluding carboxylic acids is 1. The van der Waals surface area contributed by atoms with Gasteiger partial charge in [0.1, 0.15) is 0 Å². The topological polar surface area (TPSA) is 58.2 Å². The fourth-order valence-corrected chi connectivity index (χ4v) is 5.17. The minimum absolute atomic E-state index is 0.100. The van der Waals surface area contributed by atoms with E-state index in [0.717, 1.165) is 32.1 Å². The Morgan fingerprint density at radius 3 is 3.00 bits per heavy atom. The maximum absolute atomic E-state index is 12.1. The minimum atomic E-state index is -0.752. The molecule has 1 saturated carbocycles. The molecule has 124 valence electrons. The number of hydrogen-bond donors (Lipinski definition) is 2. The predicted molar refractivity (Wildman–Crippen MR) is 93.9 cm³/mol. The van der Waals surface area contributed by atoms with Gasteiger partial charge in [-0.2, -0.15) is 0 Å². The molecule has 4 atom stereocenters. The second-order valence-corrected chi connectivity index (χ2v) is 9.00. The zero-order chi connectivity index (χ0) is 15.9. The van der Waals surface area contributed by atoms with Gasteiger partial charge in [-0.1, -0.05) is 19.4 Å². The highest BCUT2D eigenvalue weighted by atomic mass is 32.2. The van der Waals surface area contributed by atoms with Crippen LogP contribution in [0.5, 0.6) is 0 Å². The highest BCUT2D eigenvalue weighted by Gasteiger charge is 2.26. The van der Waals surface area contributed by atoms with E-state index in [1.54, 1.807) is 11.3 Å². The first-order valence-electron chi connectivity index (χ1n) is 8.05. The van der Waals surface area contributed by atoms with Crippen molar-refractivity contribution in [2.75, 3.05) is 5.75 Å². The van der Waals surface area contributed by atoms with E-state index >= 15 is 0 Å². The summed E-state index contributed by atoms with van der Waals surface area (Å²) in [5.41, 5.74) is 0. The standard InChI is InChI=1S/C16H26N2O2S2/c1-3-22(20)15-8-4-6-13(11-15)18-16(19)17-12(2)10-14-7-5-9-21-14/h5,7,9,12-13,15H,3-4,6,8,10-11H2,1-2H3,(H2,17,18,19)/t12-,13-,15+,22+/m0/s1.